The predicted molar refractivity (Wildman–Crippen MR) is 56.2 cm³/mol. The summed E-state index contributed by atoms with van der Waals surface area (Å²) in [5, 5.41) is 9.28. The SMILES string of the molecule is CC(C)(C)c1ccccc1C(O)C(F)(F)F. The molecule has 0 saturated heterocycles. The summed E-state index contributed by atoms with van der Waals surface area (Å²) in [6, 6.07) is 6.11. The molecule has 1 aromatic rings. The molecule has 1 N–H and O–H groups in total. The largest absolute Gasteiger partial charge is 0.418 e. The van der Waals surface area contributed by atoms with E-state index in [2.05, 4.69) is 0 Å². The second-order valence-electron chi connectivity index (χ2n) is 4.78. The third-order valence-corrected chi connectivity index (χ3v) is 2.37. The van der Waals surface area contributed by atoms with E-state index in [0.717, 1.165) is 0 Å². The van der Waals surface area contributed by atoms with Gasteiger partial charge in [-0.2, -0.15) is 13.2 Å². The van der Waals surface area contributed by atoms with Crippen molar-refractivity contribution in [1.82, 2.24) is 0 Å². The number of rotatable bonds is 1. The van der Waals surface area contributed by atoms with Crippen LogP contribution in [0.3, 0.4) is 0 Å². The molecule has 1 aromatic carbocycles. The fourth-order valence-electron chi connectivity index (χ4n) is 1.59. The number of aliphatic hydroxyl groups is 1. The summed E-state index contributed by atoms with van der Waals surface area (Å²) < 4.78 is 37.4. The highest BCUT2D eigenvalue weighted by atomic mass is 19.4. The van der Waals surface area contributed by atoms with E-state index in [9.17, 15) is 18.3 Å². The van der Waals surface area contributed by atoms with E-state index in [1.54, 1.807) is 12.1 Å². The first kappa shape index (κ1) is 13.0. The number of halogens is 3. The Morgan fingerprint density at radius 1 is 1.06 bits per heavy atom. The fraction of sp³-hybridized carbons (Fsp3) is 0.500. The molecule has 90 valence electrons. The molecule has 0 bridgehead atoms. The van der Waals surface area contributed by atoms with Crippen LogP contribution >= 0.6 is 0 Å². The molecule has 0 aliphatic heterocycles. The van der Waals surface area contributed by atoms with Crippen LogP contribution in [0.5, 0.6) is 0 Å². The van der Waals surface area contributed by atoms with Gasteiger partial charge in [-0.3, -0.25) is 0 Å². The van der Waals surface area contributed by atoms with E-state index in [-0.39, 0.29) is 5.56 Å². The predicted octanol–water partition coefficient (Wildman–Crippen LogP) is 3.58. The number of benzene rings is 1. The first-order chi connectivity index (χ1) is 7.14. The maximum Gasteiger partial charge on any atom is 0.418 e. The maximum atomic E-state index is 12.5. The van der Waals surface area contributed by atoms with Crippen molar-refractivity contribution in [1.29, 1.82) is 0 Å². The van der Waals surface area contributed by atoms with Gasteiger partial charge in [-0.1, -0.05) is 45.0 Å². The van der Waals surface area contributed by atoms with Crippen molar-refractivity contribution in [3.8, 4) is 0 Å². The molecule has 0 radical (unpaired) electrons. The van der Waals surface area contributed by atoms with Gasteiger partial charge in [0.15, 0.2) is 6.10 Å². The lowest BCUT2D eigenvalue weighted by Gasteiger charge is -2.26. The molecular formula is C12H15F3O. The molecule has 0 heterocycles. The van der Waals surface area contributed by atoms with Gasteiger partial charge in [0, 0.05) is 0 Å². The van der Waals surface area contributed by atoms with E-state index in [0.29, 0.717) is 5.56 Å². The molecule has 0 saturated carbocycles. The van der Waals surface area contributed by atoms with Crippen molar-refractivity contribution in [2.75, 3.05) is 0 Å². The number of aliphatic hydroxyl groups excluding tert-OH is 1. The Morgan fingerprint density at radius 3 is 2.00 bits per heavy atom. The Hall–Kier alpha value is -1.03. The van der Waals surface area contributed by atoms with Crippen LogP contribution in [0.25, 0.3) is 0 Å². The topological polar surface area (TPSA) is 20.2 Å². The Morgan fingerprint density at radius 2 is 1.56 bits per heavy atom. The molecule has 1 nitrogen and oxygen atoms in total. The van der Waals surface area contributed by atoms with Crippen LogP contribution in [0.2, 0.25) is 0 Å². The van der Waals surface area contributed by atoms with Crippen LogP contribution < -0.4 is 0 Å². The second kappa shape index (κ2) is 4.09. The zero-order valence-electron chi connectivity index (χ0n) is 9.47. The first-order valence-electron chi connectivity index (χ1n) is 4.98. The average Bonchev–Trinajstić information content (AvgIpc) is 2.14. The highest BCUT2D eigenvalue weighted by Crippen LogP contribution is 2.37. The highest BCUT2D eigenvalue weighted by Gasteiger charge is 2.41. The van der Waals surface area contributed by atoms with Crippen molar-refractivity contribution in [2.24, 2.45) is 0 Å². The van der Waals surface area contributed by atoms with Crippen molar-refractivity contribution in [3.05, 3.63) is 35.4 Å². The van der Waals surface area contributed by atoms with Gasteiger partial charge in [-0.25, -0.2) is 0 Å². The molecule has 0 fully saturated rings. The molecule has 16 heavy (non-hydrogen) atoms. The summed E-state index contributed by atoms with van der Waals surface area (Å²) in [6.07, 6.45) is -7.04. The molecule has 0 aliphatic carbocycles. The van der Waals surface area contributed by atoms with E-state index in [4.69, 9.17) is 0 Å². The lowest BCUT2D eigenvalue weighted by atomic mass is 9.82. The number of hydrogen-bond donors (Lipinski definition) is 1. The Labute approximate surface area is 92.9 Å². The lowest BCUT2D eigenvalue weighted by molar-refractivity contribution is -0.207. The van der Waals surface area contributed by atoms with Gasteiger partial charge in [0.1, 0.15) is 0 Å². The van der Waals surface area contributed by atoms with Crippen molar-refractivity contribution in [3.63, 3.8) is 0 Å². The molecule has 1 unspecified atom stereocenters. The van der Waals surface area contributed by atoms with Gasteiger partial charge in [0.25, 0.3) is 0 Å². The summed E-state index contributed by atoms with van der Waals surface area (Å²) in [6.45, 7) is 5.44. The van der Waals surface area contributed by atoms with Crippen molar-refractivity contribution < 1.29 is 18.3 Å². The molecule has 1 rings (SSSR count). The molecule has 0 aliphatic rings. The summed E-state index contributed by atoms with van der Waals surface area (Å²) in [5.74, 6) is 0. The minimum absolute atomic E-state index is 0.0671. The summed E-state index contributed by atoms with van der Waals surface area (Å²) in [7, 11) is 0. The van der Waals surface area contributed by atoms with Crippen LogP contribution in [0.4, 0.5) is 13.2 Å². The molecule has 0 spiro atoms. The Bertz CT molecular complexity index is 363. The van der Waals surface area contributed by atoms with Gasteiger partial charge in [-0.05, 0) is 16.5 Å². The fourth-order valence-corrected chi connectivity index (χ4v) is 1.59. The lowest BCUT2D eigenvalue weighted by Crippen LogP contribution is -2.24. The Kier molecular flexibility index (Phi) is 3.33. The number of alkyl halides is 3. The quantitative estimate of drug-likeness (QED) is 0.784. The van der Waals surface area contributed by atoms with Crippen molar-refractivity contribution in [2.45, 2.75) is 38.5 Å². The smallest absolute Gasteiger partial charge is 0.379 e. The molecule has 1 atom stereocenters. The van der Waals surface area contributed by atoms with E-state index in [1.807, 2.05) is 20.8 Å². The maximum absolute atomic E-state index is 12.5. The summed E-state index contributed by atoms with van der Waals surface area (Å²) in [5.41, 5.74) is 0.0188. The Balaban J connectivity index is 3.25. The average molecular weight is 232 g/mol. The zero-order valence-corrected chi connectivity index (χ0v) is 9.47. The van der Waals surface area contributed by atoms with E-state index >= 15 is 0 Å². The van der Waals surface area contributed by atoms with E-state index in [1.165, 1.54) is 12.1 Å². The zero-order chi connectivity index (χ0) is 12.6. The minimum Gasteiger partial charge on any atom is -0.379 e. The summed E-state index contributed by atoms with van der Waals surface area (Å²) in [4.78, 5) is 0. The molecule has 4 heteroatoms. The van der Waals surface area contributed by atoms with Gasteiger partial charge in [-0.15, -0.1) is 0 Å². The monoisotopic (exact) mass is 232 g/mol. The van der Waals surface area contributed by atoms with Gasteiger partial charge >= 0.3 is 6.18 Å². The van der Waals surface area contributed by atoms with Crippen LogP contribution in [0.15, 0.2) is 24.3 Å². The highest BCUT2D eigenvalue weighted by molar-refractivity contribution is 5.35. The molecule has 0 aromatic heterocycles. The van der Waals surface area contributed by atoms with Crippen molar-refractivity contribution >= 4 is 0 Å². The van der Waals surface area contributed by atoms with Crippen LogP contribution in [0, 0.1) is 0 Å². The molecule has 0 amide bonds. The first-order valence-corrected chi connectivity index (χ1v) is 4.98. The van der Waals surface area contributed by atoms with Gasteiger partial charge in [0.05, 0.1) is 0 Å². The summed E-state index contributed by atoms with van der Waals surface area (Å²) >= 11 is 0. The number of hydrogen-bond acceptors (Lipinski definition) is 1. The van der Waals surface area contributed by atoms with Gasteiger partial charge in [0.2, 0.25) is 0 Å². The van der Waals surface area contributed by atoms with E-state index < -0.39 is 17.7 Å². The van der Waals surface area contributed by atoms with Crippen LogP contribution in [-0.2, 0) is 5.41 Å². The van der Waals surface area contributed by atoms with Gasteiger partial charge < -0.3 is 5.11 Å². The standard InChI is InChI=1S/C12H15F3O/c1-11(2,3)9-7-5-4-6-8(9)10(16)12(13,14)15/h4-7,10,16H,1-3H3. The van der Waals surface area contributed by atoms with Crippen LogP contribution in [0.1, 0.15) is 38.0 Å². The van der Waals surface area contributed by atoms with Crippen LogP contribution in [-0.4, -0.2) is 11.3 Å². The minimum atomic E-state index is -4.62. The molecular weight excluding hydrogens is 217 g/mol. The third-order valence-electron chi connectivity index (χ3n) is 2.37. The second-order valence-corrected chi connectivity index (χ2v) is 4.78. The third kappa shape index (κ3) is 2.76. The normalized spacial score (nSPS) is 14.9.